The molecule has 1 aliphatic carbocycles. The molecule has 1 saturated carbocycles. The summed E-state index contributed by atoms with van der Waals surface area (Å²) < 4.78 is 0. The van der Waals surface area contributed by atoms with Crippen LogP contribution in [0.25, 0.3) is 0 Å². The van der Waals surface area contributed by atoms with Gasteiger partial charge >= 0.3 is 5.97 Å². The lowest BCUT2D eigenvalue weighted by Crippen LogP contribution is -2.02. The standard InChI is InChI=1S/C11H14N2O2S/c14-11(15)8-5-12-10(13-6-8)7-16-9-3-1-2-4-9/h5-6,9H,1-4,7H2,(H,14,15). The fourth-order valence-corrected chi connectivity index (χ4v) is 2.99. The topological polar surface area (TPSA) is 63.1 Å². The molecule has 0 spiro atoms. The van der Waals surface area contributed by atoms with Crippen LogP contribution in [0.5, 0.6) is 0 Å². The highest BCUT2D eigenvalue weighted by Gasteiger charge is 2.15. The minimum absolute atomic E-state index is 0.148. The summed E-state index contributed by atoms with van der Waals surface area (Å²) in [6, 6.07) is 0. The predicted molar refractivity (Wildman–Crippen MR) is 62.5 cm³/mol. The minimum Gasteiger partial charge on any atom is -0.478 e. The van der Waals surface area contributed by atoms with Gasteiger partial charge in [-0.25, -0.2) is 14.8 Å². The number of thioether (sulfide) groups is 1. The van der Waals surface area contributed by atoms with Crippen molar-refractivity contribution < 1.29 is 9.90 Å². The van der Waals surface area contributed by atoms with E-state index in [0.29, 0.717) is 0 Å². The van der Waals surface area contributed by atoms with E-state index in [1.165, 1.54) is 38.1 Å². The third-order valence-corrected chi connectivity index (χ3v) is 4.07. The van der Waals surface area contributed by atoms with Crippen LogP contribution in [-0.2, 0) is 5.75 Å². The number of hydrogen-bond donors (Lipinski definition) is 1. The molecule has 4 nitrogen and oxygen atoms in total. The van der Waals surface area contributed by atoms with Gasteiger partial charge in [0, 0.05) is 17.6 Å². The largest absolute Gasteiger partial charge is 0.478 e. The highest BCUT2D eigenvalue weighted by Crippen LogP contribution is 2.30. The van der Waals surface area contributed by atoms with Crippen LogP contribution < -0.4 is 0 Å². The smallest absolute Gasteiger partial charge is 0.338 e. The highest BCUT2D eigenvalue weighted by molar-refractivity contribution is 7.99. The molecule has 16 heavy (non-hydrogen) atoms. The van der Waals surface area contributed by atoms with Gasteiger partial charge in [0.1, 0.15) is 5.82 Å². The van der Waals surface area contributed by atoms with Crippen molar-refractivity contribution in [3.8, 4) is 0 Å². The van der Waals surface area contributed by atoms with Gasteiger partial charge in [0.05, 0.1) is 11.3 Å². The molecule has 0 bridgehead atoms. The van der Waals surface area contributed by atoms with Crippen LogP contribution in [0.2, 0.25) is 0 Å². The van der Waals surface area contributed by atoms with E-state index in [1.54, 1.807) is 0 Å². The number of nitrogens with zero attached hydrogens (tertiary/aromatic N) is 2. The number of carbonyl (C=O) groups is 1. The fraction of sp³-hybridized carbons (Fsp3) is 0.545. The minimum atomic E-state index is -0.977. The normalized spacial score (nSPS) is 16.5. The molecule has 0 aromatic carbocycles. The van der Waals surface area contributed by atoms with E-state index < -0.39 is 5.97 Å². The Kier molecular flexibility index (Phi) is 3.77. The van der Waals surface area contributed by atoms with Gasteiger partial charge < -0.3 is 5.11 Å². The lowest BCUT2D eigenvalue weighted by atomic mass is 10.3. The first-order valence-corrected chi connectivity index (χ1v) is 6.46. The van der Waals surface area contributed by atoms with Crippen LogP contribution in [0, 0.1) is 0 Å². The van der Waals surface area contributed by atoms with Gasteiger partial charge in [-0.15, -0.1) is 0 Å². The lowest BCUT2D eigenvalue weighted by Gasteiger charge is -2.07. The molecule has 1 fully saturated rings. The molecule has 0 amide bonds. The van der Waals surface area contributed by atoms with Gasteiger partial charge in [-0.3, -0.25) is 0 Å². The fourth-order valence-electron chi connectivity index (χ4n) is 1.79. The molecule has 1 N–H and O–H groups in total. The number of aromatic nitrogens is 2. The van der Waals surface area contributed by atoms with Crippen LogP contribution in [0.3, 0.4) is 0 Å². The Morgan fingerprint density at radius 3 is 2.56 bits per heavy atom. The van der Waals surface area contributed by atoms with Crippen LogP contribution >= 0.6 is 11.8 Å². The summed E-state index contributed by atoms with van der Waals surface area (Å²) in [5.74, 6) is 0.529. The monoisotopic (exact) mass is 238 g/mol. The molecule has 0 unspecified atom stereocenters. The van der Waals surface area contributed by atoms with Gasteiger partial charge in [0.15, 0.2) is 0 Å². The summed E-state index contributed by atoms with van der Waals surface area (Å²) in [7, 11) is 0. The Labute approximate surface area is 98.5 Å². The van der Waals surface area contributed by atoms with Gasteiger partial charge in [0.2, 0.25) is 0 Å². The molecule has 1 aliphatic rings. The van der Waals surface area contributed by atoms with Crippen LogP contribution in [-0.4, -0.2) is 26.3 Å². The van der Waals surface area contributed by atoms with Crippen molar-refractivity contribution in [3.63, 3.8) is 0 Å². The molecule has 86 valence electrons. The predicted octanol–water partition coefficient (Wildman–Crippen LogP) is 2.35. The van der Waals surface area contributed by atoms with E-state index in [-0.39, 0.29) is 5.56 Å². The van der Waals surface area contributed by atoms with Crippen molar-refractivity contribution in [1.82, 2.24) is 9.97 Å². The zero-order valence-electron chi connectivity index (χ0n) is 8.93. The van der Waals surface area contributed by atoms with Crippen molar-refractivity contribution in [2.24, 2.45) is 0 Å². The quantitative estimate of drug-likeness (QED) is 0.872. The second kappa shape index (κ2) is 5.30. The molecule has 1 aromatic heterocycles. The van der Waals surface area contributed by atoms with E-state index in [1.807, 2.05) is 11.8 Å². The Hall–Kier alpha value is -1.10. The van der Waals surface area contributed by atoms with Crippen LogP contribution in [0.4, 0.5) is 0 Å². The summed E-state index contributed by atoms with van der Waals surface area (Å²) in [4.78, 5) is 18.7. The maximum atomic E-state index is 10.6. The second-order valence-electron chi connectivity index (χ2n) is 3.91. The third kappa shape index (κ3) is 2.95. The Bertz CT molecular complexity index is 361. The summed E-state index contributed by atoms with van der Waals surface area (Å²) in [5.41, 5.74) is 0.148. The Morgan fingerprint density at radius 1 is 1.38 bits per heavy atom. The molecule has 1 heterocycles. The van der Waals surface area contributed by atoms with Crippen molar-refractivity contribution in [3.05, 3.63) is 23.8 Å². The molecule has 1 aromatic rings. The third-order valence-electron chi connectivity index (χ3n) is 2.70. The molecular weight excluding hydrogens is 224 g/mol. The summed E-state index contributed by atoms with van der Waals surface area (Å²) in [6.07, 6.45) is 7.99. The van der Waals surface area contributed by atoms with Crippen molar-refractivity contribution in [1.29, 1.82) is 0 Å². The average molecular weight is 238 g/mol. The number of rotatable bonds is 4. The summed E-state index contributed by atoms with van der Waals surface area (Å²) >= 11 is 1.88. The van der Waals surface area contributed by atoms with Gasteiger partial charge in [0.25, 0.3) is 0 Å². The molecule has 0 saturated heterocycles. The van der Waals surface area contributed by atoms with E-state index >= 15 is 0 Å². The van der Waals surface area contributed by atoms with E-state index in [4.69, 9.17) is 5.11 Å². The molecule has 5 heteroatoms. The average Bonchev–Trinajstić information content (AvgIpc) is 2.80. The Morgan fingerprint density at radius 2 is 2.00 bits per heavy atom. The maximum absolute atomic E-state index is 10.6. The first-order chi connectivity index (χ1) is 7.75. The zero-order valence-corrected chi connectivity index (χ0v) is 9.74. The van der Waals surface area contributed by atoms with Gasteiger partial charge in [-0.2, -0.15) is 11.8 Å². The zero-order chi connectivity index (χ0) is 11.4. The van der Waals surface area contributed by atoms with E-state index in [9.17, 15) is 4.79 Å². The number of carboxylic acids is 1. The van der Waals surface area contributed by atoms with Crippen LogP contribution in [0.15, 0.2) is 12.4 Å². The molecule has 2 rings (SSSR count). The van der Waals surface area contributed by atoms with Gasteiger partial charge in [-0.05, 0) is 12.8 Å². The Balaban J connectivity index is 1.87. The van der Waals surface area contributed by atoms with Crippen molar-refractivity contribution in [2.45, 2.75) is 36.7 Å². The number of carboxylic acid groups (broad SMARTS) is 1. The first-order valence-electron chi connectivity index (χ1n) is 5.41. The van der Waals surface area contributed by atoms with E-state index in [2.05, 4.69) is 9.97 Å². The summed E-state index contributed by atoms with van der Waals surface area (Å²) in [6.45, 7) is 0. The SMILES string of the molecule is O=C(O)c1cnc(CSC2CCCC2)nc1. The summed E-state index contributed by atoms with van der Waals surface area (Å²) in [5, 5.41) is 9.43. The first kappa shape index (κ1) is 11.4. The van der Waals surface area contributed by atoms with Crippen molar-refractivity contribution >= 4 is 17.7 Å². The van der Waals surface area contributed by atoms with Crippen LogP contribution in [0.1, 0.15) is 41.9 Å². The van der Waals surface area contributed by atoms with Crippen molar-refractivity contribution in [2.75, 3.05) is 0 Å². The van der Waals surface area contributed by atoms with E-state index in [0.717, 1.165) is 16.8 Å². The number of aromatic carboxylic acids is 1. The number of hydrogen-bond acceptors (Lipinski definition) is 4. The molecule has 0 radical (unpaired) electrons. The lowest BCUT2D eigenvalue weighted by molar-refractivity contribution is 0.0696. The molecule has 0 aliphatic heterocycles. The maximum Gasteiger partial charge on any atom is 0.338 e. The highest BCUT2D eigenvalue weighted by atomic mass is 32.2. The van der Waals surface area contributed by atoms with Gasteiger partial charge in [-0.1, -0.05) is 12.8 Å². The molecule has 0 atom stereocenters. The molecular formula is C11H14N2O2S. The second-order valence-corrected chi connectivity index (χ2v) is 5.20.